The van der Waals surface area contributed by atoms with E-state index >= 15 is 0 Å². The first kappa shape index (κ1) is 14.4. The van der Waals surface area contributed by atoms with E-state index in [2.05, 4.69) is 0 Å². The van der Waals surface area contributed by atoms with Crippen LogP contribution in [0.25, 0.3) is 0 Å². The zero-order valence-corrected chi connectivity index (χ0v) is 11.7. The summed E-state index contributed by atoms with van der Waals surface area (Å²) in [5, 5.41) is 9.48. The van der Waals surface area contributed by atoms with Crippen LogP contribution in [0, 0.1) is 11.3 Å². The molecule has 1 aromatic heterocycles. The maximum atomic E-state index is 12.1. The van der Waals surface area contributed by atoms with Gasteiger partial charge in [-0.3, -0.25) is 13.9 Å². The van der Waals surface area contributed by atoms with Crippen molar-refractivity contribution in [2.75, 3.05) is 0 Å². The van der Waals surface area contributed by atoms with Crippen LogP contribution in [-0.4, -0.2) is 9.13 Å². The van der Waals surface area contributed by atoms with Gasteiger partial charge in [0.15, 0.2) is 0 Å². The standard InChI is InChI=1S/C13H9Cl2N3O2/c14-10-5-9(6-11(15)7-10)8-18-12(19)1-3-17(4-2-16)13(18)20/h1,3,5-7H,4,8H2. The van der Waals surface area contributed by atoms with E-state index in [4.69, 9.17) is 28.5 Å². The second-order valence-corrected chi connectivity index (χ2v) is 4.96. The highest BCUT2D eigenvalue weighted by Crippen LogP contribution is 2.19. The molecule has 0 bridgehead atoms. The van der Waals surface area contributed by atoms with Gasteiger partial charge in [0.2, 0.25) is 0 Å². The Labute approximate surface area is 124 Å². The van der Waals surface area contributed by atoms with Crippen LogP contribution in [0.15, 0.2) is 40.1 Å². The molecule has 0 saturated heterocycles. The maximum absolute atomic E-state index is 12.1. The largest absolute Gasteiger partial charge is 0.332 e. The summed E-state index contributed by atoms with van der Waals surface area (Å²) in [5.74, 6) is 0. The molecular weight excluding hydrogens is 301 g/mol. The molecule has 0 radical (unpaired) electrons. The summed E-state index contributed by atoms with van der Waals surface area (Å²) < 4.78 is 2.19. The molecule has 0 amide bonds. The first-order valence-electron chi connectivity index (χ1n) is 5.63. The summed E-state index contributed by atoms with van der Waals surface area (Å²) in [6, 6.07) is 7.92. The third-order valence-corrected chi connectivity index (χ3v) is 3.08. The highest BCUT2D eigenvalue weighted by Gasteiger charge is 2.07. The molecule has 0 saturated carbocycles. The number of halogens is 2. The van der Waals surface area contributed by atoms with Crippen molar-refractivity contribution < 1.29 is 0 Å². The van der Waals surface area contributed by atoms with Crippen molar-refractivity contribution >= 4 is 23.2 Å². The second kappa shape index (κ2) is 5.95. The lowest BCUT2D eigenvalue weighted by Crippen LogP contribution is -2.39. The maximum Gasteiger partial charge on any atom is 0.332 e. The molecule has 7 heteroatoms. The van der Waals surface area contributed by atoms with Crippen LogP contribution >= 0.6 is 23.2 Å². The highest BCUT2D eigenvalue weighted by atomic mass is 35.5. The van der Waals surface area contributed by atoms with Gasteiger partial charge in [0, 0.05) is 22.3 Å². The summed E-state index contributed by atoms with van der Waals surface area (Å²) in [4.78, 5) is 23.8. The number of rotatable bonds is 3. The van der Waals surface area contributed by atoms with Gasteiger partial charge in [-0.05, 0) is 23.8 Å². The van der Waals surface area contributed by atoms with Crippen molar-refractivity contribution in [3.63, 3.8) is 0 Å². The molecule has 0 atom stereocenters. The third kappa shape index (κ3) is 3.10. The van der Waals surface area contributed by atoms with Crippen molar-refractivity contribution in [3.05, 3.63) is 66.9 Å². The number of benzene rings is 1. The Bertz CT molecular complexity index is 782. The third-order valence-electron chi connectivity index (χ3n) is 2.64. The molecular formula is C13H9Cl2N3O2. The van der Waals surface area contributed by atoms with Crippen LogP contribution < -0.4 is 11.2 Å². The number of aromatic nitrogens is 2. The summed E-state index contributed by atoms with van der Waals surface area (Å²) in [5.41, 5.74) is -0.355. The predicted molar refractivity (Wildman–Crippen MR) is 76.1 cm³/mol. The van der Waals surface area contributed by atoms with Gasteiger partial charge >= 0.3 is 5.69 Å². The first-order valence-corrected chi connectivity index (χ1v) is 6.39. The molecule has 1 heterocycles. The fraction of sp³-hybridized carbons (Fsp3) is 0.154. The molecule has 0 spiro atoms. The summed E-state index contributed by atoms with van der Waals surface area (Å²) in [7, 11) is 0. The minimum atomic E-state index is -0.546. The minimum absolute atomic E-state index is 0.0458. The van der Waals surface area contributed by atoms with Gasteiger partial charge in [-0.15, -0.1) is 0 Å². The average molecular weight is 310 g/mol. The number of nitriles is 1. The van der Waals surface area contributed by atoms with Crippen LogP contribution in [0.2, 0.25) is 10.0 Å². The van der Waals surface area contributed by atoms with Crippen LogP contribution in [0.5, 0.6) is 0 Å². The molecule has 102 valence electrons. The van der Waals surface area contributed by atoms with E-state index in [1.54, 1.807) is 18.2 Å². The van der Waals surface area contributed by atoms with Crippen LogP contribution in [0.3, 0.4) is 0 Å². The Morgan fingerprint density at radius 1 is 1.15 bits per heavy atom. The zero-order valence-electron chi connectivity index (χ0n) is 10.2. The van der Waals surface area contributed by atoms with E-state index < -0.39 is 11.2 Å². The molecule has 1 aromatic carbocycles. The highest BCUT2D eigenvalue weighted by molar-refractivity contribution is 6.34. The van der Waals surface area contributed by atoms with Crippen LogP contribution in [0.4, 0.5) is 0 Å². The van der Waals surface area contributed by atoms with Gasteiger partial charge in [-0.25, -0.2) is 4.79 Å². The van der Waals surface area contributed by atoms with E-state index in [-0.39, 0.29) is 13.1 Å². The number of nitrogens with zero attached hydrogens (tertiary/aromatic N) is 3. The van der Waals surface area contributed by atoms with E-state index in [1.807, 2.05) is 6.07 Å². The van der Waals surface area contributed by atoms with Gasteiger partial charge in [0.05, 0.1) is 12.6 Å². The van der Waals surface area contributed by atoms with Crippen LogP contribution in [0.1, 0.15) is 5.56 Å². The number of hydrogen-bond donors (Lipinski definition) is 0. The fourth-order valence-electron chi connectivity index (χ4n) is 1.78. The molecule has 0 N–H and O–H groups in total. The van der Waals surface area contributed by atoms with Crippen molar-refractivity contribution in [2.24, 2.45) is 0 Å². The van der Waals surface area contributed by atoms with Gasteiger partial charge < -0.3 is 0 Å². The SMILES string of the molecule is N#CCn1ccc(=O)n(Cc2cc(Cl)cc(Cl)c2)c1=O. The second-order valence-electron chi connectivity index (χ2n) is 4.09. The minimum Gasteiger partial charge on any atom is -0.287 e. The van der Waals surface area contributed by atoms with Gasteiger partial charge in [-0.2, -0.15) is 5.26 Å². The molecule has 2 rings (SSSR count). The van der Waals surface area contributed by atoms with Crippen molar-refractivity contribution in [2.45, 2.75) is 13.1 Å². The van der Waals surface area contributed by atoms with Crippen molar-refractivity contribution in [1.29, 1.82) is 5.26 Å². The van der Waals surface area contributed by atoms with Gasteiger partial charge in [0.1, 0.15) is 6.54 Å². The van der Waals surface area contributed by atoms with Gasteiger partial charge in [-0.1, -0.05) is 23.2 Å². The van der Waals surface area contributed by atoms with Gasteiger partial charge in [0.25, 0.3) is 5.56 Å². The molecule has 2 aromatic rings. The average Bonchev–Trinajstić information content (AvgIpc) is 2.37. The summed E-state index contributed by atoms with van der Waals surface area (Å²) >= 11 is 11.8. The smallest absolute Gasteiger partial charge is 0.287 e. The fourth-order valence-corrected chi connectivity index (χ4v) is 2.35. The quantitative estimate of drug-likeness (QED) is 0.869. The Kier molecular flexibility index (Phi) is 4.28. The molecule has 0 aliphatic carbocycles. The van der Waals surface area contributed by atoms with Crippen molar-refractivity contribution in [1.82, 2.24) is 9.13 Å². The van der Waals surface area contributed by atoms with E-state index in [0.717, 1.165) is 9.13 Å². The van der Waals surface area contributed by atoms with E-state index in [9.17, 15) is 9.59 Å². The molecule has 0 unspecified atom stereocenters. The Morgan fingerprint density at radius 2 is 1.80 bits per heavy atom. The van der Waals surface area contributed by atoms with Crippen molar-refractivity contribution in [3.8, 4) is 6.07 Å². The summed E-state index contributed by atoms with van der Waals surface area (Å²) in [6.45, 7) is -0.0698. The van der Waals surface area contributed by atoms with Crippen LogP contribution in [-0.2, 0) is 13.1 Å². The molecule has 20 heavy (non-hydrogen) atoms. The first-order chi connectivity index (χ1) is 9.51. The molecule has 0 aliphatic rings. The Hall–Kier alpha value is -2.03. The Balaban J connectivity index is 2.48. The topological polar surface area (TPSA) is 67.8 Å². The lowest BCUT2D eigenvalue weighted by molar-refractivity contribution is 0.621. The van der Waals surface area contributed by atoms with E-state index in [0.29, 0.717) is 15.6 Å². The molecule has 0 fully saturated rings. The molecule has 0 aliphatic heterocycles. The molecule has 5 nitrogen and oxygen atoms in total. The normalized spacial score (nSPS) is 10.2. The lowest BCUT2D eigenvalue weighted by Gasteiger charge is -2.08. The van der Waals surface area contributed by atoms with E-state index in [1.165, 1.54) is 12.3 Å². The Morgan fingerprint density at radius 3 is 2.40 bits per heavy atom. The number of hydrogen-bond acceptors (Lipinski definition) is 3. The lowest BCUT2D eigenvalue weighted by atomic mass is 10.2. The zero-order chi connectivity index (χ0) is 14.7. The summed E-state index contributed by atoms with van der Waals surface area (Å²) in [6.07, 6.45) is 1.30. The predicted octanol–water partition coefficient (Wildman–Crippen LogP) is 1.89. The monoisotopic (exact) mass is 309 g/mol.